The number of hydrogen-bond acceptors (Lipinski definition) is 2. The van der Waals surface area contributed by atoms with Crippen LogP contribution in [0.1, 0.15) is 16.7 Å². The van der Waals surface area contributed by atoms with Gasteiger partial charge in [-0.05, 0) is 37.6 Å². The molecule has 0 unspecified atom stereocenters. The summed E-state index contributed by atoms with van der Waals surface area (Å²) < 4.78 is 44.7. The Morgan fingerprint density at radius 3 is 2.18 bits per heavy atom. The average Bonchev–Trinajstić information content (AvgIpc) is 3.20. The lowest BCUT2D eigenvalue weighted by atomic mass is 10.0. The van der Waals surface area contributed by atoms with E-state index in [9.17, 15) is 13.2 Å². The van der Waals surface area contributed by atoms with E-state index in [-0.39, 0.29) is 22.4 Å². The minimum atomic E-state index is -4.61. The van der Waals surface area contributed by atoms with E-state index < -0.39 is 11.7 Å². The molecule has 34 heavy (non-hydrogen) atoms. The zero-order valence-electron chi connectivity index (χ0n) is 18.4. The molecule has 0 saturated heterocycles. The Kier molecular flexibility index (Phi) is 5.41. The highest BCUT2D eigenvalue weighted by atomic mass is 35.5. The first-order chi connectivity index (χ1) is 16.2. The van der Waals surface area contributed by atoms with Gasteiger partial charge in [0, 0.05) is 16.1 Å². The highest BCUT2D eigenvalue weighted by Crippen LogP contribution is 2.41. The van der Waals surface area contributed by atoms with Gasteiger partial charge in [-0.3, -0.25) is 0 Å². The lowest BCUT2D eigenvalue weighted by Gasteiger charge is -2.12. The van der Waals surface area contributed by atoms with Crippen molar-refractivity contribution in [2.45, 2.75) is 20.0 Å². The Bertz CT molecular complexity index is 1500. The van der Waals surface area contributed by atoms with E-state index in [4.69, 9.17) is 11.6 Å². The van der Waals surface area contributed by atoms with Gasteiger partial charge < -0.3 is 0 Å². The number of aromatic nitrogens is 3. The van der Waals surface area contributed by atoms with Crippen LogP contribution < -0.4 is 0 Å². The van der Waals surface area contributed by atoms with Crippen molar-refractivity contribution in [2.24, 2.45) is 0 Å². The Labute approximate surface area is 199 Å². The standard InChI is InChI=1S/C27H19ClF3N3/c1-16-8-11-19(12-9-16)25-24-21(27(29,30)31)15-23(18-6-4-3-5-7-18)32-26(24)34(33-25)20-13-10-17(2)22(28)14-20/h3-15H,1-2H3. The van der Waals surface area contributed by atoms with E-state index >= 15 is 0 Å². The Balaban J connectivity index is 1.90. The van der Waals surface area contributed by atoms with Crippen LogP contribution in [-0.4, -0.2) is 14.8 Å². The lowest BCUT2D eigenvalue weighted by Crippen LogP contribution is -2.08. The summed E-state index contributed by atoms with van der Waals surface area (Å²) in [7, 11) is 0. The van der Waals surface area contributed by atoms with E-state index in [1.165, 1.54) is 4.68 Å². The number of pyridine rings is 1. The van der Waals surface area contributed by atoms with Gasteiger partial charge in [0.2, 0.25) is 0 Å². The van der Waals surface area contributed by atoms with Gasteiger partial charge >= 0.3 is 6.18 Å². The molecule has 5 rings (SSSR count). The second-order valence-corrected chi connectivity index (χ2v) is 8.58. The van der Waals surface area contributed by atoms with Crippen LogP contribution in [0.2, 0.25) is 5.02 Å². The van der Waals surface area contributed by atoms with Gasteiger partial charge in [-0.15, -0.1) is 0 Å². The highest BCUT2D eigenvalue weighted by molar-refractivity contribution is 6.31. The molecule has 0 fully saturated rings. The van der Waals surface area contributed by atoms with Crippen molar-refractivity contribution in [3.05, 3.63) is 101 Å². The fourth-order valence-corrected chi connectivity index (χ4v) is 4.08. The van der Waals surface area contributed by atoms with E-state index in [1.807, 2.05) is 32.0 Å². The van der Waals surface area contributed by atoms with Crippen LogP contribution in [0.3, 0.4) is 0 Å². The second-order valence-electron chi connectivity index (χ2n) is 8.18. The Morgan fingerprint density at radius 1 is 0.824 bits per heavy atom. The molecule has 0 amide bonds. The first-order valence-corrected chi connectivity index (χ1v) is 11.0. The maximum atomic E-state index is 14.4. The molecular formula is C27H19ClF3N3. The van der Waals surface area contributed by atoms with E-state index in [0.717, 1.165) is 17.2 Å². The largest absolute Gasteiger partial charge is 0.417 e. The predicted octanol–water partition coefficient (Wildman–Crippen LogP) is 8.04. The summed E-state index contributed by atoms with van der Waals surface area (Å²) in [5.41, 5.74) is 3.31. The van der Waals surface area contributed by atoms with Gasteiger partial charge in [-0.2, -0.15) is 18.3 Å². The normalized spacial score (nSPS) is 11.8. The van der Waals surface area contributed by atoms with Crippen molar-refractivity contribution >= 4 is 22.6 Å². The molecule has 0 atom stereocenters. The summed E-state index contributed by atoms with van der Waals surface area (Å²) in [4.78, 5) is 4.67. The number of nitrogens with zero attached hydrogens (tertiary/aromatic N) is 3. The third kappa shape index (κ3) is 3.94. The molecule has 0 bridgehead atoms. The van der Waals surface area contributed by atoms with Gasteiger partial charge in [0.1, 0.15) is 5.69 Å². The number of halogens is 4. The minimum Gasteiger partial charge on any atom is -0.228 e. The van der Waals surface area contributed by atoms with Crippen LogP contribution in [0, 0.1) is 13.8 Å². The van der Waals surface area contributed by atoms with Gasteiger partial charge in [0.15, 0.2) is 5.65 Å². The number of rotatable bonds is 3. The third-order valence-corrected chi connectivity index (χ3v) is 6.14. The van der Waals surface area contributed by atoms with Gasteiger partial charge in [0.05, 0.1) is 22.3 Å². The van der Waals surface area contributed by atoms with Crippen molar-refractivity contribution in [3.8, 4) is 28.2 Å². The Morgan fingerprint density at radius 2 is 1.53 bits per heavy atom. The molecule has 0 saturated carbocycles. The molecule has 2 aromatic heterocycles. The fourth-order valence-electron chi connectivity index (χ4n) is 3.90. The first-order valence-electron chi connectivity index (χ1n) is 10.6. The van der Waals surface area contributed by atoms with Crippen LogP contribution in [0.25, 0.3) is 39.2 Å². The van der Waals surface area contributed by atoms with Crippen molar-refractivity contribution in [1.82, 2.24) is 14.8 Å². The quantitative estimate of drug-likeness (QED) is 0.263. The number of hydrogen-bond donors (Lipinski definition) is 0. The molecule has 0 aliphatic heterocycles. The minimum absolute atomic E-state index is 0.0484. The molecule has 3 nitrogen and oxygen atoms in total. The van der Waals surface area contributed by atoms with Gasteiger partial charge in [-0.25, -0.2) is 9.67 Å². The first kappa shape index (κ1) is 22.2. The molecule has 170 valence electrons. The predicted molar refractivity (Wildman–Crippen MR) is 129 cm³/mol. The summed E-state index contributed by atoms with van der Waals surface area (Å²) >= 11 is 6.35. The molecule has 0 aliphatic carbocycles. The van der Waals surface area contributed by atoms with Crippen molar-refractivity contribution in [3.63, 3.8) is 0 Å². The molecule has 0 N–H and O–H groups in total. The van der Waals surface area contributed by atoms with E-state index in [0.29, 0.717) is 21.8 Å². The van der Waals surface area contributed by atoms with Crippen molar-refractivity contribution in [2.75, 3.05) is 0 Å². The molecule has 0 spiro atoms. The maximum absolute atomic E-state index is 14.4. The average molecular weight is 478 g/mol. The second kappa shape index (κ2) is 8.29. The number of benzene rings is 3. The zero-order valence-corrected chi connectivity index (χ0v) is 19.1. The topological polar surface area (TPSA) is 30.7 Å². The van der Waals surface area contributed by atoms with E-state index in [1.54, 1.807) is 54.6 Å². The lowest BCUT2D eigenvalue weighted by molar-refractivity contribution is -0.136. The van der Waals surface area contributed by atoms with Gasteiger partial charge in [0.25, 0.3) is 0 Å². The smallest absolute Gasteiger partial charge is 0.228 e. The van der Waals surface area contributed by atoms with E-state index in [2.05, 4.69) is 10.1 Å². The molecular weight excluding hydrogens is 459 g/mol. The van der Waals surface area contributed by atoms with Gasteiger partial charge in [-0.1, -0.05) is 77.8 Å². The number of fused-ring (bicyclic) bond motifs is 1. The van der Waals surface area contributed by atoms with Crippen LogP contribution in [-0.2, 0) is 6.18 Å². The molecule has 3 aromatic carbocycles. The van der Waals surface area contributed by atoms with Crippen molar-refractivity contribution in [1.29, 1.82) is 0 Å². The van der Waals surface area contributed by atoms with Crippen molar-refractivity contribution < 1.29 is 13.2 Å². The molecule has 5 aromatic rings. The number of aryl methyl sites for hydroxylation is 2. The van der Waals surface area contributed by atoms with Crippen LogP contribution >= 0.6 is 11.6 Å². The zero-order chi connectivity index (χ0) is 24.0. The van der Waals surface area contributed by atoms with Crippen LogP contribution in [0.4, 0.5) is 13.2 Å². The summed E-state index contributed by atoms with van der Waals surface area (Å²) in [6.07, 6.45) is -4.61. The summed E-state index contributed by atoms with van der Waals surface area (Å²) in [6, 6.07) is 22.4. The Hall–Kier alpha value is -3.64. The molecule has 0 aliphatic rings. The number of alkyl halides is 3. The highest BCUT2D eigenvalue weighted by Gasteiger charge is 2.36. The summed E-state index contributed by atoms with van der Waals surface area (Å²) in [5, 5.41) is 5.08. The summed E-state index contributed by atoms with van der Waals surface area (Å²) in [6.45, 7) is 3.78. The molecule has 7 heteroatoms. The van der Waals surface area contributed by atoms with Crippen LogP contribution in [0.15, 0.2) is 78.9 Å². The maximum Gasteiger partial charge on any atom is 0.417 e. The monoisotopic (exact) mass is 477 g/mol. The SMILES string of the molecule is Cc1ccc(-c2nn(-c3ccc(C)c(Cl)c3)c3nc(-c4ccccc4)cc(C(F)(F)F)c23)cc1. The third-order valence-electron chi connectivity index (χ3n) is 5.74. The fraction of sp³-hybridized carbons (Fsp3) is 0.111. The molecule has 2 heterocycles. The summed E-state index contributed by atoms with van der Waals surface area (Å²) in [5.74, 6) is 0. The van der Waals surface area contributed by atoms with Crippen LogP contribution in [0.5, 0.6) is 0 Å². The molecule has 0 radical (unpaired) electrons.